The average molecular weight is 358 g/mol. The molecule has 1 rings (SSSR count). The summed E-state index contributed by atoms with van der Waals surface area (Å²) in [6, 6.07) is 0. The molecule has 26 heavy (non-hydrogen) atoms. The zero-order valence-corrected chi connectivity index (χ0v) is 13.2. The Morgan fingerprint density at radius 2 is 1.00 bits per heavy atom. The summed E-state index contributed by atoms with van der Waals surface area (Å²) in [6.45, 7) is 1.51. The fourth-order valence-electron chi connectivity index (χ4n) is 2.95. The molecule has 1 aliphatic rings. The van der Waals surface area contributed by atoms with Crippen molar-refractivity contribution in [3.05, 3.63) is 0 Å². The van der Waals surface area contributed by atoms with Gasteiger partial charge in [0.15, 0.2) is 30.5 Å². The Labute approximate surface area is 148 Å². The summed E-state index contributed by atoms with van der Waals surface area (Å²) in [5, 5.41) is 53.6. The molecule has 0 aromatic rings. The number of hydrogen-bond acceptors (Lipinski definition) is 12. The van der Waals surface area contributed by atoms with E-state index < -0.39 is 36.1 Å². The van der Waals surface area contributed by atoms with E-state index in [-0.39, 0.29) is 6.42 Å². The summed E-state index contributed by atoms with van der Waals surface area (Å²) in [5.74, 6) is 0. The third kappa shape index (κ3) is 3.31. The highest BCUT2D eigenvalue weighted by Gasteiger charge is 2.68. The van der Waals surface area contributed by atoms with Crippen molar-refractivity contribution >= 4 is 0 Å². The van der Waals surface area contributed by atoms with Crippen LogP contribution in [0.5, 0.6) is 0 Å². The first-order valence-corrected chi connectivity index (χ1v) is 6.92. The van der Waals surface area contributed by atoms with Gasteiger partial charge in [-0.2, -0.15) is 31.6 Å². The Morgan fingerprint density at radius 1 is 0.615 bits per heavy atom. The minimum Gasteiger partial charge on any atom is -0.416 e. The van der Waals surface area contributed by atoms with Gasteiger partial charge in [-0.3, -0.25) is 0 Å². The van der Waals surface area contributed by atoms with Gasteiger partial charge in [-0.15, -0.1) is 0 Å². The van der Waals surface area contributed by atoms with Crippen molar-refractivity contribution in [3.63, 3.8) is 0 Å². The van der Waals surface area contributed by atoms with E-state index in [0.29, 0.717) is 0 Å². The van der Waals surface area contributed by atoms with E-state index in [0.717, 1.165) is 0 Å². The van der Waals surface area contributed by atoms with Crippen molar-refractivity contribution in [2.24, 2.45) is 0 Å². The second kappa shape index (κ2) is 9.14. The summed E-state index contributed by atoms with van der Waals surface area (Å²) < 4.78 is 29.4. The Balaban J connectivity index is 3.67. The fourth-order valence-corrected chi connectivity index (χ4v) is 2.95. The topological polar surface area (TPSA) is 198 Å². The van der Waals surface area contributed by atoms with Crippen LogP contribution in [0.15, 0.2) is 0 Å². The van der Waals surface area contributed by atoms with Crippen LogP contribution in [-0.4, -0.2) is 36.1 Å². The van der Waals surface area contributed by atoms with Crippen molar-refractivity contribution in [1.29, 1.82) is 31.6 Å². The third-order valence-corrected chi connectivity index (χ3v) is 3.92. The first-order chi connectivity index (χ1) is 12.6. The maximum absolute atomic E-state index is 9.04. The molecule has 0 bridgehead atoms. The van der Waals surface area contributed by atoms with E-state index in [9.17, 15) is 0 Å². The van der Waals surface area contributed by atoms with E-state index in [1.165, 1.54) is 44.5 Å². The quantitative estimate of drug-likeness (QED) is 0.551. The minimum absolute atomic E-state index is 0.0882. The van der Waals surface area contributed by atoms with Gasteiger partial charge in [-0.1, -0.05) is 6.92 Å². The second-order valence-corrected chi connectivity index (χ2v) is 4.78. The molecule has 132 valence electrons. The van der Waals surface area contributed by atoms with Gasteiger partial charge in [0.1, 0.15) is 0 Å². The Bertz CT molecular complexity index is 703. The molecule has 12 nitrogen and oxygen atoms in total. The van der Waals surface area contributed by atoms with E-state index in [1.807, 2.05) is 0 Å². The van der Waals surface area contributed by atoms with Crippen LogP contribution in [0.4, 0.5) is 0 Å². The van der Waals surface area contributed by atoms with Gasteiger partial charge in [0.05, 0.1) is 0 Å². The Kier molecular flexibility index (Phi) is 6.95. The van der Waals surface area contributed by atoms with Gasteiger partial charge in [-0.05, 0) is 6.42 Å². The smallest absolute Gasteiger partial charge is 0.287 e. The van der Waals surface area contributed by atoms with Crippen LogP contribution < -0.4 is 0 Å². The van der Waals surface area contributed by atoms with Crippen LogP contribution >= 0.6 is 0 Å². The van der Waals surface area contributed by atoms with Crippen molar-refractivity contribution < 1.29 is 28.4 Å². The van der Waals surface area contributed by atoms with Crippen LogP contribution in [0.2, 0.25) is 0 Å². The van der Waals surface area contributed by atoms with E-state index in [1.54, 1.807) is 0 Å². The van der Waals surface area contributed by atoms with Gasteiger partial charge in [0.2, 0.25) is 5.60 Å². The van der Waals surface area contributed by atoms with Gasteiger partial charge in [-0.25, -0.2) is 0 Å². The van der Waals surface area contributed by atoms with Crippen LogP contribution in [0, 0.1) is 69.1 Å². The van der Waals surface area contributed by atoms with Gasteiger partial charge >= 0.3 is 0 Å². The summed E-state index contributed by atoms with van der Waals surface area (Å²) in [7, 11) is 0. The van der Waals surface area contributed by atoms with Crippen LogP contribution in [-0.2, 0) is 28.4 Å². The van der Waals surface area contributed by atoms with Gasteiger partial charge < -0.3 is 28.4 Å². The molecule has 0 saturated heterocycles. The van der Waals surface area contributed by atoms with E-state index in [4.69, 9.17) is 60.0 Å². The number of nitrogens with zero attached hydrogens (tertiary/aromatic N) is 6. The van der Waals surface area contributed by atoms with Crippen LogP contribution in [0.25, 0.3) is 0 Å². The largest absolute Gasteiger partial charge is 0.416 e. The second-order valence-electron chi connectivity index (χ2n) is 4.78. The zero-order valence-electron chi connectivity index (χ0n) is 13.2. The minimum atomic E-state index is -1.86. The van der Waals surface area contributed by atoms with Crippen molar-refractivity contribution in [2.45, 2.75) is 49.5 Å². The third-order valence-electron chi connectivity index (χ3n) is 3.92. The van der Waals surface area contributed by atoms with E-state index >= 15 is 0 Å². The van der Waals surface area contributed by atoms with E-state index in [2.05, 4.69) is 0 Å². The molecule has 0 aromatic heterocycles. The predicted molar refractivity (Wildman–Crippen MR) is 72.2 cm³/mol. The highest BCUT2D eigenvalue weighted by Crippen LogP contribution is 2.42. The normalized spacial score (nSPS) is 31.7. The molecule has 0 aliphatic heterocycles. The Morgan fingerprint density at radius 3 is 1.31 bits per heavy atom. The lowest BCUT2D eigenvalue weighted by Crippen LogP contribution is -2.72. The average Bonchev–Trinajstić information content (AvgIpc) is 2.64. The molecule has 6 atom stereocenters. The summed E-state index contributed by atoms with van der Waals surface area (Å²) >= 11 is 0. The molecular formula is C14H10N6O6. The lowest BCUT2D eigenvalue weighted by atomic mass is 9.72. The number of hydrogen-bond donors (Lipinski definition) is 0. The highest BCUT2D eigenvalue weighted by atomic mass is 16.6. The van der Waals surface area contributed by atoms with Crippen molar-refractivity contribution in [1.82, 2.24) is 0 Å². The number of nitriles is 6. The predicted octanol–water partition coefficient (Wildman–Crippen LogP) is -0.0221. The highest BCUT2D eigenvalue weighted by molar-refractivity contribution is 5.15. The maximum atomic E-state index is 9.04. The standard InChI is InChI=1S/C14H10N6O6/c1-2-14(26-8-20)12(24-6-18)10(22-4-16)9(21-3-15)11(23-5-17)13(14)25-7-19/h9-13H,2H2,1H3/t9-,10-,11+,12-,13-,14-/m0/s1. The molecule has 0 aromatic carbocycles. The van der Waals surface area contributed by atoms with Gasteiger partial charge in [0.25, 0.3) is 37.5 Å². The molecule has 0 spiro atoms. The first kappa shape index (κ1) is 19.8. The summed E-state index contributed by atoms with van der Waals surface area (Å²) in [5.41, 5.74) is -1.86. The lowest BCUT2D eigenvalue weighted by Gasteiger charge is -2.49. The fraction of sp³-hybridized carbons (Fsp3) is 0.571. The molecule has 0 amide bonds. The molecular weight excluding hydrogens is 348 g/mol. The SMILES string of the molecule is CC[C@@]1(OC#N)[C@@H](OC#N)[C@H](OC#N)[C@@H](OC#N)[C@H](OC#N)[C@@H]1OC#N. The van der Waals surface area contributed by atoms with Crippen LogP contribution in [0.1, 0.15) is 13.3 Å². The zero-order chi connectivity index (χ0) is 19.6. The monoisotopic (exact) mass is 358 g/mol. The molecule has 1 saturated carbocycles. The van der Waals surface area contributed by atoms with Gasteiger partial charge in [0, 0.05) is 0 Å². The molecule has 0 radical (unpaired) electrons. The van der Waals surface area contributed by atoms with Crippen molar-refractivity contribution in [2.75, 3.05) is 0 Å². The molecule has 1 fully saturated rings. The van der Waals surface area contributed by atoms with Crippen LogP contribution in [0.3, 0.4) is 0 Å². The molecule has 0 unspecified atom stereocenters. The maximum Gasteiger partial charge on any atom is 0.287 e. The summed E-state index contributed by atoms with van der Waals surface area (Å²) in [6.07, 6.45) is 0.689. The molecule has 0 N–H and O–H groups in total. The summed E-state index contributed by atoms with van der Waals surface area (Å²) in [4.78, 5) is 0. The number of ether oxygens (including phenoxy) is 6. The van der Waals surface area contributed by atoms with Crippen molar-refractivity contribution in [3.8, 4) is 37.5 Å². The molecule has 1 aliphatic carbocycles. The number of rotatable bonds is 7. The Hall–Kier alpha value is -4.26. The molecule has 0 heterocycles. The molecule has 12 heteroatoms. The lowest BCUT2D eigenvalue weighted by molar-refractivity contribution is -0.263. The first-order valence-electron chi connectivity index (χ1n) is 6.92.